The average molecular weight is 523 g/mol. The molecule has 13 nitrogen and oxygen atoms in total. The summed E-state index contributed by atoms with van der Waals surface area (Å²) in [7, 11) is 0. The number of hydrogen-bond acceptors (Lipinski definition) is 12. The lowest BCUT2D eigenvalue weighted by molar-refractivity contribution is -0.335. The van der Waals surface area contributed by atoms with E-state index in [1.165, 1.54) is 19.3 Å². The Morgan fingerprint density at radius 3 is 2.22 bits per heavy atom. The molecule has 0 aliphatic carbocycles. The molecule has 0 bridgehead atoms. The summed E-state index contributed by atoms with van der Waals surface area (Å²) in [4.78, 5) is 59.5. The van der Waals surface area contributed by atoms with Crippen molar-refractivity contribution in [3.05, 3.63) is 36.1 Å². The molecule has 0 unspecified atom stereocenters. The van der Waals surface area contributed by atoms with E-state index < -0.39 is 72.7 Å². The fourth-order valence-electron chi connectivity index (χ4n) is 4.17. The van der Waals surface area contributed by atoms with E-state index in [0.29, 0.717) is 5.57 Å². The van der Waals surface area contributed by atoms with E-state index >= 15 is 0 Å². The predicted octanol–water partition coefficient (Wildman–Crippen LogP) is 0.185. The SMILES string of the molecule is C=C[C@@H]1C2=CCOC(=O)C2=CO[C@H]1O[C@@H]1O[C@H](CNC(C)=O)[C@@H](OC(C)=O)[C@H](OC(C)=O)[C@H]1OC(C)=O. The number of rotatable bonds is 8. The number of fused-ring (bicyclic) bond motifs is 1. The van der Waals surface area contributed by atoms with Gasteiger partial charge in [-0.1, -0.05) is 6.08 Å². The van der Waals surface area contributed by atoms with E-state index in [4.69, 9.17) is 33.2 Å². The minimum absolute atomic E-state index is 0.0515. The Kier molecular flexibility index (Phi) is 9.05. The van der Waals surface area contributed by atoms with Gasteiger partial charge < -0.3 is 38.5 Å². The van der Waals surface area contributed by atoms with Crippen LogP contribution in [0.3, 0.4) is 0 Å². The molecule has 7 atom stereocenters. The predicted molar refractivity (Wildman–Crippen MR) is 121 cm³/mol. The van der Waals surface area contributed by atoms with Crippen LogP contribution in [0.15, 0.2) is 36.1 Å². The monoisotopic (exact) mass is 523 g/mol. The molecule has 1 N–H and O–H groups in total. The first-order chi connectivity index (χ1) is 17.5. The van der Waals surface area contributed by atoms with Crippen LogP contribution < -0.4 is 5.32 Å². The lowest BCUT2D eigenvalue weighted by Crippen LogP contribution is -2.64. The molecule has 3 heterocycles. The van der Waals surface area contributed by atoms with Crippen LogP contribution in [0.25, 0.3) is 0 Å². The van der Waals surface area contributed by atoms with Crippen molar-refractivity contribution in [3.63, 3.8) is 0 Å². The van der Waals surface area contributed by atoms with E-state index in [2.05, 4.69) is 11.9 Å². The number of amides is 1. The van der Waals surface area contributed by atoms with Crippen molar-refractivity contribution in [1.29, 1.82) is 0 Å². The van der Waals surface area contributed by atoms with Gasteiger partial charge in [0.25, 0.3) is 0 Å². The van der Waals surface area contributed by atoms with Crippen LogP contribution in [0.1, 0.15) is 27.7 Å². The van der Waals surface area contributed by atoms with Crippen LogP contribution in [0.4, 0.5) is 0 Å². The van der Waals surface area contributed by atoms with Crippen molar-refractivity contribution in [1.82, 2.24) is 5.32 Å². The summed E-state index contributed by atoms with van der Waals surface area (Å²) >= 11 is 0. The molecule has 202 valence electrons. The maximum Gasteiger partial charge on any atom is 0.341 e. The first kappa shape index (κ1) is 27.9. The van der Waals surface area contributed by atoms with Gasteiger partial charge in [0.05, 0.1) is 11.5 Å². The molecule has 1 amide bonds. The van der Waals surface area contributed by atoms with Crippen LogP contribution in [-0.4, -0.2) is 79.9 Å². The highest BCUT2D eigenvalue weighted by molar-refractivity contribution is 5.94. The molecular weight excluding hydrogens is 494 g/mol. The van der Waals surface area contributed by atoms with Gasteiger partial charge in [-0.15, -0.1) is 6.58 Å². The molecule has 13 heteroatoms. The quantitative estimate of drug-likeness (QED) is 0.261. The maximum atomic E-state index is 12.1. The fourth-order valence-corrected chi connectivity index (χ4v) is 4.17. The number of carbonyl (C=O) groups excluding carboxylic acids is 5. The Labute approximate surface area is 212 Å². The third kappa shape index (κ3) is 6.74. The van der Waals surface area contributed by atoms with Gasteiger partial charge >= 0.3 is 23.9 Å². The van der Waals surface area contributed by atoms with Gasteiger partial charge in [0.15, 0.2) is 18.3 Å². The van der Waals surface area contributed by atoms with E-state index in [0.717, 1.165) is 20.8 Å². The summed E-state index contributed by atoms with van der Waals surface area (Å²) in [6.07, 6.45) is -3.25. The molecule has 0 aromatic carbocycles. The molecule has 37 heavy (non-hydrogen) atoms. The summed E-state index contributed by atoms with van der Waals surface area (Å²) in [6.45, 7) is 8.36. The van der Waals surface area contributed by atoms with Crippen LogP contribution in [0.2, 0.25) is 0 Å². The lowest BCUT2D eigenvalue weighted by Gasteiger charge is -2.45. The summed E-state index contributed by atoms with van der Waals surface area (Å²) in [5.41, 5.74) is 0.764. The lowest BCUT2D eigenvalue weighted by atomic mass is 9.89. The standard InChI is InChI=1S/C24H29NO12/c1-6-15-16-7-8-31-22(30)17(16)10-32-23(15)37-24-21(35-14(5)29)20(34-13(4)28)19(33-12(3)27)18(36-24)9-25-11(2)26/h6-7,10,15,18-21,23-24H,1,8-9H2,2-5H3,(H,25,26)/t15-,18-,19-,20+,21-,23+,24+/m1/s1. The number of hydrogen-bond donors (Lipinski definition) is 1. The van der Waals surface area contributed by atoms with E-state index in [1.54, 1.807) is 6.08 Å². The van der Waals surface area contributed by atoms with Crippen LogP contribution in [-0.2, 0) is 57.1 Å². The highest BCUT2D eigenvalue weighted by Gasteiger charge is 2.53. The minimum Gasteiger partial charge on any atom is -0.471 e. The molecule has 0 spiro atoms. The van der Waals surface area contributed by atoms with Gasteiger partial charge in [-0.05, 0) is 11.6 Å². The smallest absolute Gasteiger partial charge is 0.341 e. The summed E-state index contributed by atoms with van der Waals surface area (Å²) in [5.74, 6) is -3.85. The molecular formula is C24H29NO12. The Bertz CT molecular complexity index is 1020. The first-order valence-electron chi connectivity index (χ1n) is 11.4. The van der Waals surface area contributed by atoms with Gasteiger partial charge in [0, 0.05) is 34.2 Å². The zero-order chi connectivity index (χ0) is 27.3. The third-order valence-electron chi connectivity index (χ3n) is 5.59. The Balaban J connectivity index is 1.97. The molecule has 0 aromatic heterocycles. The Morgan fingerprint density at radius 2 is 1.62 bits per heavy atom. The molecule has 0 aromatic rings. The van der Waals surface area contributed by atoms with Gasteiger partial charge in [-0.3, -0.25) is 19.2 Å². The van der Waals surface area contributed by atoms with Crippen molar-refractivity contribution < 1.29 is 57.1 Å². The van der Waals surface area contributed by atoms with Gasteiger partial charge in [-0.25, -0.2) is 4.79 Å². The van der Waals surface area contributed by atoms with E-state index in [1.807, 2.05) is 0 Å². The number of ether oxygens (including phenoxy) is 7. The van der Waals surface area contributed by atoms with Crippen LogP contribution >= 0.6 is 0 Å². The molecule has 1 fully saturated rings. The summed E-state index contributed by atoms with van der Waals surface area (Å²) in [6, 6.07) is 0. The Hall–Kier alpha value is -3.71. The number of esters is 4. The van der Waals surface area contributed by atoms with Crippen LogP contribution in [0.5, 0.6) is 0 Å². The summed E-state index contributed by atoms with van der Waals surface area (Å²) in [5, 5.41) is 2.56. The second kappa shape index (κ2) is 12.0. The summed E-state index contributed by atoms with van der Waals surface area (Å²) < 4.78 is 38.9. The maximum absolute atomic E-state index is 12.1. The number of nitrogens with one attached hydrogen (secondary N) is 1. The topological polar surface area (TPSA) is 162 Å². The minimum atomic E-state index is -1.42. The zero-order valence-corrected chi connectivity index (χ0v) is 20.8. The van der Waals surface area contributed by atoms with Crippen molar-refractivity contribution in [2.24, 2.45) is 5.92 Å². The van der Waals surface area contributed by atoms with E-state index in [9.17, 15) is 24.0 Å². The van der Waals surface area contributed by atoms with Gasteiger partial charge in [0.2, 0.25) is 18.5 Å². The fraction of sp³-hybridized carbons (Fsp3) is 0.542. The van der Waals surface area contributed by atoms with Crippen molar-refractivity contribution in [3.8, 4) is 0 Å². The normalized spacial score (nSPS) is 30.7. The second-order valence-corrected chi connectivity index (χ2v) is 8.39. The third-order valence-corrected chi connectivity index (χ3v) is 5.59. The zero-order valence-electron chi connectivity index (χ0n) is 20.8. The van der Waals surface area contributed by atoms with Crippen molar-refractivity contribution in [2.75, 3.05) is 13.2 Å². The van der Waals surface area contributed by atoms with E-state index in [-0.39, 0.29) is 18.7 Å². The van der Waals surface area contributed by atoms with Crippen molar-refractivity contribution >= 4 is 29.8 Å². The average Bonchev–Trinajstić information content (AvgIpc) is 2.80. The van der Waals surface area contributed by atoms with Crippen molar-refractivity contribution in [2.45, 2.75) is 64.7 Å². The molecule has 0 saturated carbocycles. The Morgan fingerprint density at radius 1 is 1.00 bits per heavy atom. The molecule has 3 aliphatic rings. The molecule has 3 aliphatic heterocycles. The largest absolute Gasteiger partial charge is 0.471 e. The number of carbonyl (C=O) groups is 5. The van der Waals surface area contributed by atoms with Crippen LogP contribution in [0, 0.1) is 5.92 Å². The highest BCUT2D eigenvalue weighted by Crippen LogP contribution is 2.37. The second-order valence-electron chi connectivity index (χ2n) is 8.39. The van der Waals surface area contributed by atoms with Gasteiger partial charge in [-0.2, -0.15) is 0 Å². The number of cyclic esters (lactones) is 1. The molecule has 1 saturated heterocycles. The molecule has 0 radical (unpaired) electrons. The molecule has 3 rings (SSSR count). The highest BCUT2D eigenvalue weighted by atomic mass is 16.8. The van der Waals surface area contributed by atoms with Gasteiger partial charge in [0.1, 0.15) is 19.0 Å². The first-order valence-corrected chi connectivity index (χ1v) is 11.4.